The van der Waals surface area contributed by atoms with Crippen LogP contribution in [0.15, 0.2) is 0 Å². The number of sulfone groups is 1. The Bertz CT molecular complexity index is 239. The first kappa shape index (κ1) is 12.9. The molecule has 1 unspecified atom stereocenters. The zero-order valence-electron chi connectivity index (χ0n) is 9.00. The standard InChI is InChI=1S/C9H21NO2S/c1-9(2,3)5-8(6-10)7-13(4,11)12/h8H,5-7,10H2,1-4H3. The van der Waals surface area contributed by atoms with Crippen molar-refractivity contribution in [2.24, 2.45) is 17.1 Å². The van der Waals surface area contributed by atoms with Gasteiger partial charge in [0.1, 0.15) is 9.84 Å². The van der Waals surface area contributed by atoms with Crippen LogP contribution in [0.2, 0.25) is 0 Å². The van der Waals surface area contributed by atoms with E-state index in [1.165, 1.54) is 6.26 Å². The molecular weight excluding hydrogens is 186 g/mol. The molecule has 1 atom stereocenters. The molecule has 0 aromatic carbocycles. The lowest BCUT2D eigenvalue weighted by molar-refractivity contribution is 0.312. The van der Waals surface area contributed by atoms with Crippen LogP contribution >= 0.6 is 0 Å². The highest BCUT2D eigenvalue weighted by molar-refractivity contribution is 7.90. The van der Waals surface area contributed by atoms with Gasteiger partial charge in [-0.1, -0.05) is 20.8 Å². The van der Waals surface area contributed by atoms with Crippen molar-refractivity contribution >= 4 is 9.84 Å². The molecule has 0 aliphatic rings. The summed E-state index contributed by atoms with van der Waals surface area (Å²) in [6, 6.07) is 0. The fraction of sp³-hybridized carbons (Fsp3) is 1.00. The lowest BCUT2D eigenvalue weighted by Gasteiger charge is -2.24. The van der Waals surface area contributed by atoms with Gasteiger partial charge < -0.3 is 5.73 Å². The first-order valence-corrected chi connectivity index (χ1v) is 6.58. The van der Waals surface area contributed by atoms with Crippen molar-refractivity contribution in [2.45, 2.75) is 27.2 Å². The van der Waals surface area contributed by atoms with Crippen LogP contribution < -0.4 is 5.73 Å². The van der Waals surface area contributed by atoms with Crippen molar-refractivity contribution < 1.29 is 8.42 Å². The predicted molar refractivity (Wildman–Crippen MR) is 56.3 cm³/mol. The molecule has 0 bridgehead atoms. The Balaban J connectivity index is 4.22. The van der Waals surface area contributed by atoms with Gasteiger partial charge in [0.15, 0.2) is 0 Å². The Morgan fingerprint density at radius 3 is 2.00 bits per heavy atom. The maximum atomic E-state index is 11.0. The summed E-state index contributed by atoms with van der Waals surface area (Å²) in [5.41, 5.74) is 5.67. The molecule has 0 heterocycles. The Hall–Kier alpha value is -0.0900. The van der Waals surface area contributed by atoms with E-state index in [9.17, 15) is 8.42 Å². The molecule has 0 radical (unpaired) electrons. The Kier molecular flexibility index (Phi) is 4.39. The van der Waals surface area contributed by atoms with Gasteiger partial charge in [0.25, 0.3) is 0 Å². The van der Waals surface area contributed by atoms with Crippen LogP contribution in [-0.2, 0) is 9.84 Å². The van der Waals surface area contributed by atoms with Crippen molar-refractivity contribution in [1.29, 1.82) is 0 Å². The first-order valence-electron chi connectivity index (χ1n) is 4.52. The first-order chi connectivity index (χ1) is 5.64. The van der Waals surface area contributed by atoms with E-state index in [0.717, 1.165) is 6.42 Å². The number of hydrogen-bond donors (Lipinski definition) is 1. The van der Waals surface area contributed by atoms with Gasteiger partial charge in [-0.2, -0.15) is 0 Å². The zero-order valence-corrected chi connectivity index (χ0v) is 9.82. The van der Waals surface area contributed by atoms with Crippen LogP contribution in [0.3, 0.4) is 0 Å². The van der Waals surface area contributed by atoms with Crippen molar-refractivity contribution in [2.75, 3.05) is 18.6 Å². The van der Waals surface area contributed by atoms with Crippen LogP contribution in [0.25, 0.3) is 0 Å². The summed E-state index contributed by atoms with van der Waals surface area (Å²) in [5, 5.41) is 0. The quantitative estimate of drug-likeness (QED) is 0.749. The Morgan fingerprint density at radius 1 is 1.31 bits per heavy atom. The molecule has 0 saturated heterocycles. The highest BCUT2D eigenvalue weighted by Crippen LogP contribution is 2.24. The summed E-state index contributed by atoms with van der Waals surface area (Å²) in [4.78, 5) is 0. The molecule has 0 spiro atoms. The van der Waals surface area contributed by atoms with Gasteiger partial charge in [-0.05, 0) is 24.3 Å². The molecule has 0 aromatic heterocycles. The van der Waals surface area contributed by atoms with E-state index in [0.29, 0.717) is 6.54 Å². The number of rotatable bonds is 4. The average Bonchev–Trinajstić information content (AvgIpc) is 1.79. The molecule has 0 aliphatic carbocycles. The smallest absolute Gasteiger partial charge is 0.147 e. The summed E-state index contributed by atoms with van der Waals surface area (Å²) < 4.78 is 22.1. The highest BCUT2D eigenvalue weighted by atomic mass is 32.2. The lowest BCUT2D eigenvalue weighted by atomic mass is 9.85. The molecule has 3 nitrogen and oxygen atoms in total. The van der Waals surface area contributed by atoms with Gasteiger partial charge in [0.2, 0.25) is 0 Å². The van der Waals surface area contributed by atoms with E-state index < -0.39 is 9.84 Å². The Labute approximate surface area is 81.6 Å². The summed E-state index contributed by atoms with van der Waals surface area (Å²) in [6.07, 6.45) is 2.12. The molecule has 80 valence electrons. The van der Waals surface area contributed by atoms with Crippen molar-refractivity contribution in [3.8, 4) is 0 Å². The molecule has 0 rings (SSSR count). The van der Waals surface area contributed by atoms with E-state index in [2.05, 4.69) is 20.8 Å². The lowest BCUT2D eigenvalue weighted by Crippen LogP contribution is -2.27. The summed E-state index contributed by atoms with van der Waals surface area (Å²) in [7, 11) is -2.89. The molecule has 0 saturated carbocycles. The van der Waals surface area contributed by atoms with Crippen LogP contribution in [0.5, 0.6) is 0 Å². The second-order valence-electron chi connectivity index (χ2n) is 4.96. The predicted octanol–water partition coefficient (Wildman–Crippen LogP) is 1.04. The van der Waals surface area contributed by atoms with Crippen molar-refractivity contribution in [3.05, 3.63) is 0 Å². The van der Waals surface area contributed by atoms with E-state index in [4.69, 9.17) is 5.73 Å². The molecule has 0 fully saturated rings. The summed E-state index contributed by atoms with van der Waals surface area (Å²) in [5.74, 6) is 0.302. The van der Waals surface area contributed by atoms with Gasteiger partial charge in [-0.15, -0.1) is 0 Å². The zero-order chi connectivity index (χ0) is 10.7. The van der Waals surface area contributed by atoms with Crippen molar-refractivity contribution in [1.82, 2.24) is 0 Å². The minimum absolute atomic E-state index is 0.0926. The van der Waals surface area contributed by atoms with Gasteiger partial charge in [0, 0.05) is 6.26 Å². The number of hydrogen-bond acceptors (Lipinski definition) is 3. The SMILES string of the molecule is CC(C)(C)CC(CN)CS(C)(=O)=O. The Morgan fingerprint density at radius 2 is 1.77 bits per heavy atom. The number of nitrogens with two attached hydrogens (primary N) is 1. The highest BCUT2D eigenvalue weighted by Gasteiger charge is 2.20. The topological polar surface area (TPSA) is 60.2 Å². The minimum atomic E-state index is -2.89. The van der Waals surface area contributed by atoms with Gasteiger partial charge in [-0.3, -0.25) is 0 Å². The maximum absolute atomic E-state index is 11.0. The third-order valence-electron chi connectivity index (χ3n) is 1.77. The molecule has 0 aliphatic heterocycles. The van der Waals surface area contributed by atoms with Gasteiger partial charge in [0.05, 0.1) is 5.75 Å². The molecule has 2 N–H and O–H groups in total. The second kappa shape index (κ2) is 4.42. The normalized spacial score (nSPS) is 15.8. The van der Waals surface area contributed by atoms with Gasteiger partial charge >= 0.3 is 0 Å². The molecule has 0 aromatic rings. The van der Waals surface area contributed by atoms with Crippen LogP contribution in [0.4, 0.5) is 0 Å². The van der Waals surface area contributed by atoms with E-state index in [-0.39, 0.29) is 17.1 Å². The summed E-state index contributed by atoms with van der Waals surface area (Å²) in [6.45, 7) is 6.73. The van der Waals surface area contributed by atoms with Crippen LogP contribution in [0, 0.1) is 11.3 Å². The molecule has 13 heavy (non-hydrogen) atoms. The van der Waals surface area contributed by atoms with Crippen LogP contribution in [-0.4, -0.2) is 27.0 Å². The summed E-state index contributed by atoms with van der Waals surface area (Å²) >= 11 is 0. The second-order valence-corrected chi connectivity index (χ2v) is 7.14. The third-order valence-corrected chi connectivity index (χ3v) is 2.85. The maximum Gasteiger partial charge on any atom is 0.147 e. The van der Waals surface area contributed by atoms with E-state index >= 15 is 0 Å². The molecule has 4 heteroatoms. The molecule has 0 amide bonds. The van der Waals surface area contributed by atoms with Crippen molar-refractivity contribution in [3.63, 3.8) is 0 Å². The van der Waals surface area contributed by atoms with Crippen LogP contribution in [0.1, 0.15) is 27.2 Å². The monoisotopic (exact) mass is 207 g/mol. The fourth-order valence-corrected chi connectivity index (χ4v) is 2.61. The third kappa shape index (κ3) is 8.25. The average molecular weight is 207 g/mol. The van der Waals surface area contributed by atoms with Gasteiger partial charge in [-0.25, -0.2) is 8.42 Å². The minimum Gasteiger partial charge on any atom is -0.330 e. The fourth-order valence-electron chi connectivity index (χ4n) is 1.50. The molecular formula is C9H21NO2S. The largest absolute Gasteiger partial charge is 0.330 e. The van der Waals surface area contributed by atoms with E-state index in [1.807, 2.05) is 0 Å². The van der Waals surface area contributed by atoms with E-state index in [1.54, 1.807) is 0 Å².